The fourth-order valence-electron chi connectivity index (χ4n) is 12.4. The molecule has 7 N–H and O–H groups in total. The zero-order valence-corrected chi connectivity index (χ0v) is 32.9. The van der Waals surface area contributed by atoms with Gasteiger partial charge in [-0.3, -0.25) is 14.5 Å². The second kappa shape index (κ2) is 13.1. The van der Waals surface area contributed by atoms with Crippen LogP contribution in [0.3, 0.4) is 0 Å². The summed E-state index contributed by atoms with van der Waals surface area (Å²) in [6.07, 6.45) is 5.49. The number of nitrogens with two attached hydrogens (primary N) is 1. The first-order chi connectivity index (χ1) is 26.2. The molecule has 0 radical (unpaired) electrons. The highest BCUT2D eigenvalue weighted by molar-refractivity contribution is 5.95. The van der Waals surface area contributed by atoms with E-state index < -0.39 is 51.5 Å². The Morgan fingerprint density at radius 1 is 1.05 bits per heavy atom. The van der Waals surface area contributed by atoms with Gasteiger partial charge in [-0.25, -0.2) is 0 Å². The number of amides is 1. The van der Waals surface area contributed by atoms with Crippen LogP contribution in [0.25, 0.3) is 10.9 Å². The number of hydrogen-bond acceptors (Lipinski definition) is 10. The van der Waals surface area contributed by atoms with Crippen LogP contribution < -0.4 is 20.7 Å². The van der Waals surface area contributed by atoms with Gasteiger partial charge in [0.25, 0.3) is 5.91 Å². The average molecular weight is 756 g/mol. The number of H-pyrrole nitrogens is 1. The lowest BCUT2D eigenvalue weighted by Crippen LogP contribution is -2.81. The number of anilines is 1. The van der Waals surface area contributed by atoms with Gasteiger partial charge in [0, 0.05) is 70.9 Å². The molecule has 9 atom stereocenters. The Labute approximate surface area is 323 Å². The van der Waals surface area contributed by atoms with E-state index in [4.69, 9.17) is 15.2 Å². The largest absolute Gasteiger partial charge is 0.496 e. The van der Waals surface area contributed by atoms with E-state index in [-0.39, 0.29) is 12.0 Å². The molecular formula is C43H57N5O7. The van der Waals surface area contributed by atoms with Crippen LogP contribution >= 0.6 is 0 Å². The van der Waals surface area contributed by atoms with E-state index in [9.17, 15) is 20.1 Å². The SMILES string of the molecule is CCC1(O)CNCCc2c([nH]c3ccccc23)[C@@](C(=O)OC)(c2cc3c(cc2OC)N(C)C2[C@]34CCN3CC=C[C@](CC)(C34)[C@@H](O)[C@]2(O)C(N)=O)C[C@H](C)C1. The summed E-state index contributed by atoms with van der Waals surface area (Å²) in [6, 6.07) is 10.9. The number of methoxy groups -OCH3 is 2. The highest BCUT2D eigenvalue weighted by Crippen LogP contribution is 2.67. The van der Waals surface area contributed by atoms with Gasteiger partial charge in [0.05, 0.1) is 25.9 Å². The molecule has 5 aliphatic rings. The Kier molecular flexibility index (Phi) is 9.01. The Morgan fingerprint density at radius 2 is 1.82 bits per heavy atom. The van der Waals surface area contributed by atoms with E-state index in [0.29, 0.717) is 76.0 Å². The first-order valence-corrected chi connectivity index (χ1v) is 19.9. The first-order valence-electron chi connectivity index (χ1n) is 19.9. The molecule has 0 bridgehead atoms. The predicted octanol–water partition coefficient (Wildman–Crippen LogP) is 3.03. The molecule has 1 aliphatic carbocycles. The summed E-state index contributed by atoms with van der Waals surface area (Å²) < 4.78 is 12.2. The molecule has 3 aromatic rings. The standard InChI is InChI=1S/C43H57N5O7/c1-7-39(52)22-25(3)23-42(38(51)55-6,33-27(14-17-45-24-39)26-12-9-10-13-30(26)46-33)29-20-28-31(21-32(29)54-5)47(4)35-41(28)16-19-48-18-11-15-40(8-2,34(41)48)36(49)43(35,53)37(44)50/h9-13,15,20-21,25,34-36,45-46,49,52-53H,7-8,14,16-19,22-24H2,1-6H3,(H2,44,50)/t25-,34?,35?,36-,39?,40-,41-,42+,43+/m1/s1. The minimum absolute atomic E-state index is 0.169. The number of fused-ring (bicyclic) bond motifs is 4. The molecule has 3 unspecified atom stereocenters. The third-order valence-corrected chi connectivity index (χ3v) is 14.6. The van der Waals surface area contributed by atoms with Gasteiger partial charge in [-0.2, -0.15) is 0 Å². The Bertz CT molecular complexity index is 2070. The van der Waals surface area contributed by atoms with Crippen LogP contribution in [0.15, 0.2) is 48.6 Å². The van der Waals surface area contributed by atoms with Crippen molar-refractivity contribution in [3.05, 3.63) is 70.9 Å². The van der Waals surface area contributed by atoms with Gasteiger partial charge in [-0.1, -0.05) is 51.1 Å². The molecule has 12 nitrogen and oxygen atoms in total. The van der Waals surface area contributed by atoms with Crippen LogP contribution in [-0.4, -0.2) is 114 Å². The number of nitrogens with zero attached hydrogens (tertiary/aromatic N) is 2. The lowest BCUT2D eigenvalue weighted by molar-refractivity contribution is -0.201. The van der Waals surface area contributed by atoms with Gasteiger partial charge in [0.2, 0.25) is 0 Å². The van der Waals surface area contributed by atoms with E-state index in [1.165, 1.54) is 7.11 Å². The van der Waals surface area contributed by atoms with E-state index in [1.54, 1.807) is 7.11 Å². The number of esters is 1. The molecule has 4 aliphatic heterocycles. The van der Waals surface area contributed by atoms with E-state index in [1.807, 2.05) is 62.2 Å². The lowest BCUT2D eigenvalue weighted by Gasteiger charge is -2.63. The molecule has 8 rings (SSSR count). The van der Waals surface area contributed by atoms with Crippen molar-refractivity contribution >= 4 is 28.5 Å². The van der Waals surface area contributed by atoms with E-state index in [0.717, 1.165) is 33.4 Å². The molecule has 12 heteroatoms. The number of hydrogen-bond donors (Lipinski definition) is 6. The van der Waals surface area contributed by atoms with Crippen molar-refractivity contribution in [3.63, 3.8) is 0 Å². The molecule has 2 aromatic carbocycles. The summed E-state index contributed by atoms with van der Waals surface area (Å²) in [5.41, 5.74) is 4.40. The molecule has 1 saturated carbocycles. The molecule has 1 saturated heterocycles. The van der Waals surface area contributed by atoms with Crippen molar-refractivity contribution in [2.24, 2.45) is 17.1 Å². The zero-order valence-electron chi connectivity index (χ0n) is 32.9. The second-order valence-corrected chi connectivity index (χ2v) is 17.2. The molecule has 1 amide bonds. The maximum atomic E-state index is 15.2. The zero-order chi connectivity index (χ0) is 39.3. The third kappa shape index (κ3) is 4.87. The van der Waals surface area contributed by atoms with Crippen molar-refractivity contribution in [1.82, 2.24) is 15.2 Å². The molecule has 1 spiro atoms. The van der Waals surface area contributed by atoms with Crippen LogP contribution in [0.1, 0.15) is 75.3 Å². The van der Waals surface area contributed by atoms with Crippen LogP contribution in [0, 0.1) is 11.3 Å². The Hall–Kier alpha value is -3.94. The number of aliphatic hydroxyl groups excluding tert-OH is 1. The van der Waals surface area contributed by atoms with Crippen molar-refractivity contribution in [2.75, 3.05) is 52.3 Å². The van der Waals surface area contributed by atoms with Crippen LogP contribution in [0.5, 0.6) is 5.75 Å². The topological polar surface area (TPSA) is 174 Å². The summed E-state index contributed by atoms with van der Waals surface area (Å²) in [4.78, 5) is 36.8. The molecule has 55 heavy (non-hydrogen) atoms. The first kappa shape index (κ1) is 38.0. The van der Waals surface area contributed by atoms with E-state index >= 15 is 4.79 Å². The quantitative estimate of drug-likeness (QED) is 0.162. The number of rotatable bonds is 6. The summed E-state index contributed by atoms with van der Waals surface area (Å²) in [5, 5.41) is 41.4. The summed E-state index contributed by atoms with van der Waals surface area (Å²) in [5.74, 6) is -1.15. The number of aromatic amines is 1. The molecule has 1 aromatic heterocycles. The number of carbonyl (C=O) groups is 2. The minimum atomic E-state index is -2.31. The summed E-state index contributed by atoms with van der Waals surface area (Å²) >= 11 is 0. The third-order valence-electron chi connectivity index (χ3n) is 14.6. The summed E-state index contributed by atoms with van der Waals surface area (Å²) in [6.45, 7) is 8.41. The normalized spacial score (nSPS) is 37.1. The smallest absolute Gasteiger partial charge is 0.322 e. The van der Waals surface area contributed by atoms with Crippen molar-refractivity contribution in [1.29, 1.82) is 0 Å². The maximum Gasteiger partial charge on any atom is 0.322 e. The van der Waals surface area contributed by atoms with Gasteiger partial charge < -0.3 is 45.7 Å². The molecular weight excluding hydrogens is 699 g/mol. The fraction of sp³-hybridized carbons (Fsp3) is 0.581. The number of nitrogens with one attached hydrogen (secondary N) is 2. The molecule has 5 heterocycles. The van der Waals surface area contributed by atoms with Gasteiger partial charge in [-0.05, 0) is 80.8 Å². The lowest BCUT2D eigenvalue weighted by atomic mass is 9.47. The van der Waals surface area contributed by atoms with Crippen LogP contribution in [0.2, 0.25) is 0 Å². The number of carbonyl (C=O) groups excluding carboxylic acids is 2. The van der Waals surface area contributed by atoms with Crippen LogP contribution in [0.4, 0.5) is 5.69 Å². The highest BCUT2D eigenvalue weighted by Gasteiger charge is 2.78. The van der Waals surface area contributed by atoms with Crippen molar-refractivity contribution in [3.8, 4) is 5.75 Å². The van der Waals surface area contributed by atoms with Gasteiger partial charge in [-0.15, -0.1) is 0 Å². The number of aromatic nitrogens is 1. The average Bonchev–Trinajstić information content (AvgIpc) is 3.83. The predicted molar refractivity (Wildman–Crippen MR) is 210 cm³/mol. The fourth-order valence-corrected chi connectivity index (χ4v) is 12.4. The maximum absolute atomic E-state index is 15.2. The molecule has 2 fully saturated rings. The minimum Gasteiger partial charge on any atom is -0.496 e. The van der Waals surface area contributed by atoms with Crippen molar-refractivity contribution < 1.29 is 34.4 Å². The highest BCUT2D eigenvalue weighted by atomic mass is 16.5. The Morgan fingerprint density at radius 3 is 2.51 bits per heavy atom. The van der Waals surface area contributed by atoms with Gasteiger partial charge in [0.15, 0.2) is 5.60 Å². The number of primary amides is 1. The number of β-amino-alcohol motifs (C(OH)–C–C–N with tert-alkyl or cyclic N) is 1. The summed E-state index contributed by atoms with van der Waals surface area (Å²) in [7, 11) is 4.85. The second-order valence-electron chi connectivity index (χ2n) is 17.2. The number of likely N-dealkylation sites (N-methyl/N-ethyl adjacent to an activating group) is 1. The molecule has 296 valence electrons. The van der Waals surface area contributed by atoms with E-state index in [2.05, 4.69) is 34.3 Å². The van der Waals surface area contributed by atoms with Crippen LogP contribution in [-0.2, 0) is 31.6 Å². The number of ether oxygens (including phenoxy) is 2. The number of para-hydroxylation sites is 1. The van der Waals surface area contributed by atoms with Gasteiger partial charge >= 0.3 is 5.97 Å². The monoisotopic (exact) mass is 755 g/mol. The van der Waals surface area contributed by atoms with Gasteiger partial charge in [0.1, 0.15) is 17.3 Å². The number of benzene rings is 2. The van der Waals surface area contributed by atoms with Crippen molar-refractivity contribution in [2.45, 2.75) is 99.5 Å². The Balaban J connectivity index is 1.46. The number of aliphatic hydroxyl groups is 3.